The SMILES string of the molecule is CC1CCOC1C(Cc1cc(F)ccc1F)NN. The third kappa shape index (κ3) is 2.85. The predicted octanol–water partition coefficient (Wildman–Crippen LogP) is 1.76. The summed E-state index contributed by atoms with van der Waals surface area (Å²) in [6.45, 7) is 2.76. The smallest absolute Gasteiger partial charge is 0.126 e. The topological polar surface area (TPSA) is 47.3 Å². The van der Waals surface area contributed by atoms with E-state index in [4.69, 9.17) is 10.6 Å². The van der Waals surface area contributed by atoms with E-state index in [2.05, 4.69) is 12.3 Å². The number of rotatable bonds is 4. The minimum atomic E-state index is -0.442. The molecule has 1 aliphatic rings. The normalized spacial score (nSPS) is 25.3. The highest BCUT2D eigenvalue weighted by atomic mass is 19.1. The second-order valence-electron chi connectivity index (χ2n) is 4.81. The molecular weight excluding hydrogens is 238 g/mol. The van der Waals surface area contributed by atoms with Gasteiger partial charge in [-0.2, -0.15) is 0 Å². The Hall–Kier alpha value is -1.04. The minimum absolute atomic E-state index is 0.0577. The van der Waals surface area contributed by atoms with Gasteiger partial charge in [-0.1, -0.05) is 6.92 Å². The first-order valence-corrected chi connectivity index (χ1v) is 6.13. The van der Waals surface area contributed by atoms with Gasteiger partial charge >= 0.3 is 0 Å². The molecule has 3 unspecified atom stereocenters. The maximum atomic E-state index is 13.6. The Morgan fingerprint density at radius 3 is 2.89 bits per heavy atom. The number of ether oxygens (including phenoxy) is 1. The van der Waals surface area contributed by atoms with E-state index in [9.17, 15) is 8.78 Å². The van der Waals surface area contributed by atoms with Gasteiger partial charge in [0.15, 0.2) is 0 Å². The maximum Gasteiger partial charge on any atom is 0.126 e. The van der Waals surface area contributed by atoms with Crippen LogP contribution in [-0.2, 0) is 11.2 Å². The lowest BCUT2D eigenvalue weighted by Crippen LogP contribution is -2.47. The van der Waals surface area contributed by atoms with E-state index in [1.807, 2.05) is 0 Å². The highest BCUT2D eigenvalue weighted by Crippen LogP contribution is 2.25. The molecular formula is C13H18F2N2O. The van der Waals surface area contributed by atoms with E-state index >= 15 is 0 Å². The molecule has 0 bridgehead atoms. The van der Waals surface area contributed by atoms with Crippen molar-refractivity contribution in [2.45, 2.75) is 31.9 Å². The monoisotopic (exact) mass is 256 g/mol. The quantitative estimate of drug-likeness (QED) is 0.637. The summed E-state index contributed by atoms with van der Waals surface area (Å²) in [5.41, 5.74) is 2.98. The van der Waals surface area contributed by atoms with Gasteiger partial charge in [0.1, 0.15) is 11.6 Å². The standard InChI is InChI=1S/C13H18F2N2O/c1-8-4-5-18-13(8)12(17-16)7-9-6-10(14)2-3-11(9)15/h2-3,6,8,12-13,17H,4-5,7,16H2,1H3. The van der Waals surface area contributed by atoms with Crippen LogP contribution < -0.4 is 11.3 Å². The molecule has 1 aromatic carbocycles. The first kappa shape index (κ1) is 13.4. The fourth-order valence-corrected chi connectivity index (χ4v) is 2.44. The number of hydrogen-bond donors (Lipinski definition) is 2. The molecule has 5 heteroatoms. The molecule has 3 atom stereocenters. The second kappa shape index (κ2) is 5.73. The van der Waals surface area contributed by atoms with Gasteiger partial charge in [0.25, 0.3) is 0 Å². The predicted molar refractivity (Wildman–Crippen MR) is 64.7 cm³/mol. The fraction of sp³-hybridized carbons (Fsp3) is 0.538. The number of hydrazine groups is 1. The summed E-state index contributed by atoms with van der Waals surface area (Å²) >= 11 is 0. The average Bonchev–Trinajstić information content (AvgIpc) is 2.77. The maximum absolute atomic E-state index is 13.6. The molecule has 1 heterocycles. The van der Waals surface area contributed by atoms with Crippen molar-refractivity contribution < 1.29 is 13.5 Å². The molecule has 1 saturated heterocycles. The van der Waals surface area contributed by atoms with E-state index in [0.29, 0.717) is 24.5 Å². The average molecular weight is 256 g/mol. The molecule has 18 heavy (non-hydrogen) atoms. The number of nitrogens with one attached hydrogen (secondary N) is 1. The van der Waals surface area contributed by atoms with Crippen molar-refractivity contribution in [3.05, 3.63) is 35.4 Å². The molecule has 0 aliphatic carbocycles. The lowest BCUT2D eigenvalue weighted by Gasteiger charge is -2.25. The molecule has 2 rings (SSSR count). The summed E-state index contributed by atoms with van der Waals surface area (Å²) in [6.07, 6.45) is 1.22. The van der Waals surface area contributed by atoms with Crippen molar-refractivity contribution in [3.8, 4) is 0 Å². The van der Waals surface area contributed by atoms with Gasteiger partial charge in [-0.05, 0) is 42.5 Å². The van der Waals surface area contributed by atoms with Crippen molar-refractivity contribution in [1.82, 2.24) is 5.43 Å². The van der Waals surface area contributed by atoms with Crippen molar-refractivity contribution in [2.75, 3.05) is 6.61 Å². The zero-order valence-electron chi connectivity index (χ0n) is 10.3. The Morgan fingerprint density at radius 2 is 2.28 bits per heavy atom. The van der Waals surface area contributed by atoms with Crippen LogP contribution >= 0.6 is 0 Å². The summed E-state index contributed by atoms with van der Waals surface area (Å²) < 4.78 is 32.3. The van der Waals surface area contributed by atoms with Gasteiger partial charge in [-0.3, -0.25) is 11.3 Å². The Bertz CT molecular complexity index is 414. The Kier molecular flexibility index (Phi) is 4.27. The zero-order valence-corrected chi connectivity index (χ0v) is 10.3. The first-order chi connectivity index (χ1) is 8.61. The van der Waals surface area contributed by atoms with Crippen LogP contribution in [0.4, 0.5) is 8.78 Å². The fourth-order valence-electron chi connectivity index (χ4n) is 2.44. The Morgan fingerprint density at radius 1 is 1.50 bits per heavy atom. The molecule has 1 fully saturated rings. The molecule has 0 spiro atoms. The minimum Gasteiger partial charge on any atom is -0.376 e. The van der Waals surface area contributed by atoms with Gasteiger partial charge in [0.05, 0.1) is 12.1 Å². The summed E-state index contributed by atoms with van der Waals surface area (Å²) in [5, 5.41) is 0. The summed E-state index contributed by atoms with van der Waals surface area (Å²) in [7, 11) is 0. The molecule has 0 radical (unpaired) electrons. The Labute approximate surface area is 105 Å². The van der Waals surface area contributed by atoms with Crippen LogP contribution in [0.15, 0.2) is 18.2 Å². The van der Waals surface area contributed by atoms with Crippen molar-refractivity contribution >= 4 is 0 Å². The molecule has 0 aromatic heterocycles. The Balaban J connectivity index is 2.12. The summed E-state index contributed by atoms with van der Waals surface area (Å²) in [4.78, 5) is 0. The van der Waals surface area contributed by atoms with E-state index < -0.39 is 11.6 Å². The number of nitrogens with two attached hydrogens (primary N) is 1. The van der Waals surface area contributed by atoms with Crippen LogP contribution in [0.2, 0.25) is 0 Å². The van der Waals surface area contributed by atoms with Gasteiger partial charge < -0.3 is 4.74 Å². The van der Waals surface area contributed by atoms with Crippen LogP contribution in [-0.4, -0.2) is 18.8 Å². The van der Waals surface area contributed by atoms with Crippen LogP contribution in [0.3, 0.4) is 0 Å². The van der Waals surface area contributed by atoms with Crippen molar-refractivity contribution in [1.29, 1.82) is 0 Å². The summed E-state index contributed by atoms with van der Waals surface area (Å²) in [5.74, 6) is 5.01. The van der Waals surface area contributed by atoms with Crippen LogP contribution in [0.5, 0.6) is 0 Å². The first-order valence-electron chi connectivity index (χ1n) is 6.13. The number of halogens is 2. The second-order valence-corrected chi connectivity index (χ2v) is 4.81. The lowest BCUT2D eigenvalue weighted by molar-refractivity contribution is 0.0608. The highest BCUT2D eigenvalue weighted by Gasteiger charge is 2.32. The molecule has 3 nitrogen and oxygen atoms in total. The molecule has 0 amide bonds. The number of benzene rings is 1. The third-order valence-electron chi connectivity index (χ3n) is 3.50. The van der Waals surface area contributed by atoms with Crippen LogP contribution in [0.1, 0.15) is 18.9 Å². The number of hydrogen-bond acceptors (Lipinski definition) is 3. The van der Waals surface area contributed by atoms with E-state index in [-0.39, 0.29) is 12.1 Å². The zero-order chi connectivity index (χ0) is 13.1. The largest absolute Gasteiger partial charge is 0.376 e. The molecule has 0 saturated carbocycles. The molecule has 100 valence electrons. The third-order valence-corrected chi connectivity index (χ3v) is 3.50. The van der Waals surface area contributed by atoms with Crippen molar-refractivity contribution in [2.24, 2.45) is 11.8 Å². The van der Waals surface area contributed by atoms with Crippen molar-refractivity contribution in [3.63, 3.8) is 0 Å². The highest BCUT2D eigenvalue weighted by molar-refractivity contribution is 5.20. The molecule has 1 aliphatic heterocycles. The van der Waals surface area contributed by atoms with E-state index in [0.717, 1.165) is 18.6 Å². The van der Waals surface area contributed by atoms with Gasteiger partial charge in [-0.15, -0.1) is 0 Å². The van der Waals surface area contributed by atoms with Gasteiger partial charge in [0, 0.05) is 6.61 Å². The lowest BCUT2D eigenvalue weighted by atomic mass is 9.93. The van der Waals surface area contributed by atoms with Crippen LogP contribution in [0, 0.1) is 17.6 Å². The van der Waals surface area contributed by atoms with E-state index in [1.54, 1.807) is 0 Å². The van der Waals surface area contributed by atoms with Gasteiger partial charge in [0.2, 0.25) is 0 Å². The van der Waals surface area contributed by atoms with E-state index in [1.165, 1.54) is 6.07 Å². The molecule has 3 N–H and O–H groups in total. The summed E-state index contributed by atoms with van der Waals surface area (Å²) in [6, 6.07) is 3.24. The van der Waals surface area contributed by atoms with Crippen LogP contribution in [0.25, 0.3) is 0 Å². The van der Waals surface area contributed by atoms with Gasteiger partial charge in [-0.25, -0.2) is 8.78 Å². The molecule has 1 aromatic rings.